The first-order chi connectivity index (χ1) is 8.65. The van der Waals surface area contributed by atoms with Gasteiger partial charge < -0.3 is 4.74 Å². The number of rotatable bonds is 7. The molecule has 18 heavy (non-hydrogen) atoms. The maximum absolute atomic E-state index is 9.14. The molecule has 1 heterocycles. The van der Waals surface area contributed by atoms with Gasteiger partial charge in [-0.15, -0.1) is 0 Å². The van der Waals surface area contributed by atoms with Crippen LogP contribution in [0.25, 0.3) is 0 Å². The lowest BCUT2D eigenvalue weighted by Crippen LogP contribution is -2.48. The molecule has 1 rings (SSSR count). The Hall–Kier alpha value is -0.630. The molecule has 1 saturated heterocycles. The molecule has 1 aliphatic rings. The van der Waals surface area contributed by atoms with Crippen molar-refractivity contribution >= 4 is 0 Å². The van der Waals surface area contributed by atoms with E-state index in [-0.39, 0.29) is 6.04 Å². The number of piperidine rings is 1. The van der Waals surface area contributed by atoms with Crippen molar-refractivity contribution < 1.29 is 4.74 Å². The molecule has 104 valence electrons. The molecule has 2 atom stereocenters. The second kappa shape index (κ2) is 8.47. The predicted octanol–water partition coefficient (Wildman–Crippen LogP) is 1.77. The molecule has 0 aliphatic carbocycles. The van der Waals surface area contributed by atoms with Gasteiger partial charge in [-0.1, -0.05) is 6.92 Å². The summed E-state index contributed by atoms with van der Waals surface area (Å²) in [6.45, 7) is 10.0. The summed E-state index contributed by atoms with van der Waals surface area (Å²) in [6, 6.07) is 2.62. The topological polar surface area (TPSA) is 48.3 Å². The molecule has 1 aliphatic heterocycles. The zero-order valence-electron chi connectivity index (χ0n) is 12.0. The van der Waals surface area contributed by atoms with Gasteiger partial charge in [0.15, 0.2) is 0 Å². The molecule has 0 radical (unpaired) electrons. The molecule has 0 aromatic heterocycles. The standard InChI is InChI=1S/C14H27N3O/c1-4-8-18-14-6-5-7-17(11-14)10-13(9-15)16-12(2)3/h12-14,16H,4-8,10-11H2,1-3H3. The highest BCUT2D eigenvalue weighted by molar-refractivity contribution is 4.94. The summed E-state index contributed by atoms with van der Waals surface area (Å²) >= 11 is 0. The summed E-state index contributed by atoms with van der Waals surface area (Å²) in [5, 5.41) is 12.4. The molecule has 0 aromatic carbocycles. The van der Waals surface area contributed by atoms with Crippen molar-refractivity contribution in [3.8, 4) is 6.07 Å². The number of nitriles is 1. The van der Waals surface area contributed by atoms with Crippen LogP contribution in [0.1, 0.15) is 40.0 Å². The first-order valence-corrected chi connectivity index (χ1v) is 7.15. The number of nitrogens with zero attached hydrogens (tertiary/aromatic N) is 2. The Morgan fingerprint density at radius 2 is 2.28 bits per heavy atom. The van der Waals surface area contributed by atoms with Crippen LogP contribution in [0.5, 0.6) is 0 Å². The van der Waals surface area contributed by atoms with E-state index < -0.39 is 0 Å². The predicted molar refractivity (Wildman–Crippen MR) is 73.4 cm³/mol. The molecule has 4 heteroatoms. The van der Waals surface area contributed by atoms with Crippen molar-refractivity contribution in [3.63, 3.8) is 0 Å². The van der Waals surface area contributed by atoms with Crippen LogP contribution < -0.4 is 5.32 Å². The molecule has 0 aromatic rings. The Bertz CT molecular complexity index is 262. The summed E-state index contributed by atoms with van der Waals surface area (Å²) in [6.07, 6.45) is 3.77. The van der Waals surface area contributed by atoms with Crippen LogP contribution in [-0.4, -0.2) is 49.3 Å². The van der Waals surface area contributed by atoms with Crippen LogP contribution in [0.4, 0.5) is 0 Å². The maximum Gasteiger partial charge on any atom is 0.108 e. The minimum absolute atomic E-state index is 0.0741. The van der Waals surface area contributed by atoms with Gasteiger partial charge in [0.2, 0.25) is 0 Å². The van der Waals surface area contributed by atoms with Crippen molar-refractivity contribution in [3.05, 3.63) is 0 Å². The van der Waals surface area contributed by atoms with Crippen LogP contribution in [0.3, 0.4) is 0 Å². The zero-order valence-corrected chi connectivity index (χ0v) is 12.0. The third-order valence-corrected chi connectivity index (χ3v) is 3.15. The highest BCUT2D eigenvalue weighted by atomic mass is 16.5. The van der Waals surface area contributed by atoms with Crippen LogP contribution >= 0.6 is 0 Å². The fourth-order valence-corrected chi connectivity index (χ4v) is 2.39. The monoisotopic (exact) mass is 253 g/mol. The Balaban J connectivity index is 2.34. The van der Waals surface area contributed by atoms with E-state index in [2.05, 4.69) is 37.1 Å². The van der Waals surface area contributed by atoms with Gasteiger partial charge in [0.1, 0.15) is 6.04 Å². The zero-order chi connectivity index (χ0) is 13.4. The second-order valence-corrected chi connectivity index (χ2v) is 5.40. The minimum Gasteiger partial charge on any atom is -0.377 e. The third-order valence-electron chi connectivity index (χ3n) is 3.15. The van der Waals surface area contributed by atoms with Crippen LogP contribution in [0.15, 0.2) is 0 Å². The lowest BCUT2D eigenvalue weighted by Gasteiger charge is -2.34. The van der Waals surface area contributed by atoms with E-state index >= 15 is 0 Å². The second-order valence-electron chi connectivity index (χ2n) is 5.40. The van der Waals surface area contributed by atoms with Gasteiger partial charge >= 0.3 is 0 Å². The molecule has 0 amide bonds. The van der Waals surface area contributed by atoms with Gasteiger partial charge in [0, 0.05) is 25.7 Å². The first kappa shape index (κ1) is 15.4. The Morgan fingerprint density at radius 1 is 1.50 bits per heavy atom. The summed E-state index contributed by atoms with van der Waals surface area (Å²) in [5.41, 5.74) is 0. The average molecular weight is 253 g/mol. The van der Waals surface area contributed by atoms with E-state index in [9.17, 15) is 0 Å². The Kier molecular flexibility index (Phi) is 7.26. The quantitative estimate of drug-likeness (QED) is 0.751. The molecule has 0 bridgehead atoms. The SMILES string of the molecule is CCCOC1CCCN(CC(C#N)NC(C)C)C1. The molecule has 1 N–H and O–H groups in total. The number of hydrogen-bond acceptors (Lipinski definition) is 4. The molecule has 4 nitrogen and oxygen atoms in total. The van der Waals surface area contributed by atoms with E-state index in [0.717, 1.165) is 39.1 Å². The highest BCUT2D eigenvalue weighted by Crippen LogP contribution is 2.13. The average Bonchev–Trinajstić information content (AvgIpc) is 2.35. The van der Waals surface area contributed by atoms with Gasteiger partial charge in [0.25, 0.3) is 0 Å². The van der Waals surface area contributed by atoms with Crippen LogP contribution in [0, 0.1) is 11.3 Å². The molecular weight excluding hydrogens is 226 g/mol. The third kappa shape index (κ3) is 5.81. The Morgan fingerprint density at radius 3 is 2.89 bits per heavy atom. The lowest BCUT2D eigenvalue weighted by atomic mass is 10.1. The number of ether oxygens (including phenoxy) is 1. The number of hydrogen-bond donors (Lipinski definition) is 1. The smallest absolute Gasteiger partial charge is 0.108 e. The van der Waals surface area contributed by atoms with Crippen molar-refractivity contribution in [1.29, 1.82) is 5.26 Å². The van der Waals surface area contributed by atoms with E-state index in [1.54, 1.807) is 0 Å². The number of likely N-dealkylation sites (tertiary alicyclic amines) is 1. The van der Waals surface area contributed by atoms with Crippen molar-refractivity contribution in [2.75, 3.05) is 26.2 Å². The summed E-state index contributed by atoms with van der Waals surface area (Å²) in [5.74, 6) is 0. The summed E-state index contributed by atoms with van der Waals surface area (Å²) < 4.78 is 5.81. The number of nitrogens with one attached hydrogen (secondary N) is 1. The van der Waals surface area contributed by atoms with E-state index in [1.165, 1.54) is 6.42 Å². The van der Waals surface area contributed by atoms with Crippen LogP contribution in [-0.2, 0) is 4.74 Å². The minimum atomic E-state index is -0.0741. The van der Waals surface area contributed by atoms with Crippen molar-refractivity contribution in [2.45, 2.75) is 58.2 Å². The largest absolute Gasteiger partial charge is 0.377 e. The maximum atomic E-state index is 9.14. The van der Waals surface area contributed by atoms with Crippen LogP contribution in [0.2, 0.25) is 0 Å². The molecule has 0 spiro atoms. The molecule has 2 unspecified atom stereocenters. The first-order valence-electron chi connectivity index (χ1n) is 7.15. The van der Waals surface area contributed by atoms with Gasteiger partial charge in [0.05, 0.1) is 12.2 Å². The van der Waals surface area contributed by atoms with Gasteiger partial charge in [-0.3, -0.25) is 10.2 Å². The van der Waals surface area contributed by atoms with Gasteiger partial charge in [-0.25, -0.2) is 0 Å². The van der Waals surface area contributed by atoms with E-state index in [4.69, 9.17) is 10.00 Å². The van der Waals surface area contributed by atoms with Crippen molar-refractivity contribution in [2.24, 2.45) is 0 Å². The van der Waals surface area contributed by atoms with Gasteiger partial charge in [-0.05, 0) is 39.7 Å². The molecular formula is C14H27N3O. The van der Waals surface area contributed by atoms with E-state index in [0.29, 0.717) is 12.1 Å². The molecule has 1 fully saturated rings. The summed E-state index contributed by atoms with van der Waals surface area (Å²) in [4.78, 5) is 2.35. The van der Waals surface area contributed by atoms with E-state index in [1.807, 2.05) is 0 Å². The lowest BCUT2D eigenvalue weighted by molar-refractivity contribution is -0.00112. The normalized spacial score (nSPS) is 22.9. The molecule has 0 saturated carbocycles. The fraction of sp³-hybridized carbons (Fsp3) is 0.929. The Labute approximate surface area is 111 Å². The van der Waals surface area contributed by atoms with Gasteiger partial charge in [-0.2, -0.15) is 5.26 Å². The van der Waals surface area contributed by atoms with Crippen molar-refractivity contribution in [1.82, 2.24) is 10.2 Å². The highest BCUT2D eigenvalue weighted by Gasteiger charge is 2.22. The fourth-order valence-electron chi connectivity index (χ4n) is 2.39. The summed E-state index contributed by atoms with van der Waals surface area (Å²) in [7, 11) is 0.